The topological polar surface area (TPSA) is 74.3 Å². The van der Waals surface area contributed by atoms with Crippen LogP contribution in [0.3, 0.4) is 0 Å². The number of anilines is 1. The smallest absolute Gasteiger partial charge is 0.323 e. The predicted octanol–water partition coefficient (Wildman–Crippen LogP) is 2.29. The van der Waals surface area contributed by atoms with E-state index in [0.29, 0.717) is 11.7 Å². The van der Waals surface area contributed by atoms with Gasteiger partial charge in [-0.25, -0.2) is 9.78 Å². The third kappa shape index (κ3) is 5.00. The number of amides is 3. The van der Waals surface area contributed by atoms with E-state index in [-0.39, 0.29) is 23.3 Å². The number of carbonyl (C=O) groups is 2. The summed E-state index contributed by atoms with van der Waals surface area (Å²) in [6.07, 6.45) is 1.79. The van der Waals surface area contributed by atoms with Crippen molar-refractivity contribution in [1.29, 1.82) is 0 Å². The van der Waals surface area contributed by atoms with E-state index in [0.717, 1.165) is 4.88 Å². The van der Waals surface area contributed by atoms with Crippen LogP contribution in [0.25, 0.3) is 0 Å². The van der Waals surface area contributed by atoms with Gasteiger partial charge in [-0.05, 0) is 5.41 Å². The van der Waals surface area contributed by atoms with Crippen LogP contribution in [-0.4, -0.2) is 42.5 Å². The Morgan fingerprint density at radius 3 is 2.52 bits per heavy atom. The number of hydrogen-bond donors (Lipinski definition) is 2. The van der Waals surface area contributed by atoms with Gasteiger partial charge < -0.3 is 10.2 Å². The number of hydrogen-bond acceptors (Lipinski definition) is 4. The summed E-state index contributed by atoms with van der Waals surface area (Å²) in [4.78, 5) is 30.3. The number of thiazole rings is 1. The molecule has 1 aromatic rings. The van der Waals surface area contributed by atoms with Crippen molar-refractivity contribution in [3.63, 3.8) is 0 Å². The molecule has 0 spiro atoms. The fourth-order valence-corrected chi connectivity index (χ4v) is 2.55. The normalized spacial score (nSPS) is 12.7. The Balaban J connectivity index is 2.60. The Bertz CT molecular complexity index is 507. The second kappa shape index (κ2) is 6.89. The van der Waals surface area contributed by atoms with E-state index in [9.17, 15) is 9.59 Å². The molecule has 0 aliphatic rings. The maximum absolute atomic E-state index is 12.1. The standard InChI is InChI=1S/C14H24N4O2S/c1-9(11(19)15-5)8-18(6)13(20)17-12-16-7-10(21-12)14(2,3)4/h7,9H,8H2,1-6H3,(H,15,19)(H,16,17,20). The number of nitrogens with one attached hydrogen (secondary N) is 2. The van der Waals surface area contributed by atoms with E-state index in [2.05, 4.69) is 36.4 Å². The molecule has 0 aromatic carbocycles. The van der Waals surface area contributed by atoms with Gasteiger partial charge in [-0.15, -0.1) is 11.3 Å². The Morgan fingerprint density at radius 1 is 1.43 bits per heavy atom. The van der Waals surface area contributed by atoms with Crippen LogP contribution >= 0.6 is 11.3 Å². The summed E-state index contributed by atoms with van der Waals surface area (Å²) < 4.78 is 0. The van der Waals surface area contributed by atoms with Crippen molar-refractivity contribution in [2.75, 3.05) is 26.0 Å². The molecule has 1 heterocycles. The second-order valence-corrected chi connectivity index (χ2v) is 7.14. The Hall–Kier alpha value is -1.63. The molecule has 21 heavy (non-hydrogen) atoms. The third-order valence-electron chi connectivity index (χ3n) is 3.05. The van der Waals surface area contributed by atoms with Crippen molar-refractivity contribution < 1.29 is 9.59 Å². The summed E-state index contributed by atoms with van der Waals surface area (Å²) in [6.45, 7) is 8.43. The number of aromatic nitrogens is 1. The minimum Gasteiger partial charge on any atom is -0.359 e. The van der Waals surface area contributed by atoms with E-state index in [4.69, 9.17) is 0 Å². The van der Waals surface area contributed by atoms with Gasteiger partial charge in [0.25, 0.3) is 0 Å². The van der Waals surface area contributed by atoms with Crippen LogP contribution in [0.15, 0.2) is 6.20 Å². The minimum absolute atomic E-state index is 0.0142. The second-order valence-electron chi connectivity index (χ2n) is 6.11. The molecular weight excluding hydrogens is 288 g/mol. The zero-order valence-electron chi connectivity index (χ0n) is 13.5. The molecule has 1 atom stereocenters. The molecule has 3 amide bonds. The van der Waals surface area contributed by atoms with Gasteiger partial charge in [-0.3, -0.25) is 10.1 Å². The molecule has 7 heteroatoms. The molecule has 0 saturated heterocycles. The first-order valence-electron chi connectivity index (χ1n) is 6.85. The lowest BCUT2D eigenvalue weighted by Gasteiger charge is -2.20. The largest absolute Gasteiger partial charge is 0.359 e. The highest BCUT2D eigenvalue weighted by atomic mass is 32.1. The molecule has 118 valence electrons. The summed E-state index contributed by atoms with van der Waals surface area (Å²) in [5.41, 5.74) is 0.0142. The lowest BCUT2D eigenvalue weighted by Crippen LogP contribution is -2.39. The van der Waals surface area contributed by atoms with Crippen LogP contribution in [0.1, 0.15) is 32.6 Å². The lowest BCUT2D eigenvalue weighted by molar-refractivity contribution is -0.124. The Kier molecular flexibility index (Phi) is 5.71. The number of rotatable bonds is 4. The number of nitrogens with zero attached hydrogens (tertiary/aromatic N) is 2. The van der Waals surface area contributed by atoms with Gasteiger partial charge in [-0.1, -0.05) is 27.7 Å². The molecule has 0 aliphatic carbocycles. The van der Waals surface area contributed by atoms with Gasteiger partial charge in [0.15, 0.2) is 5.13 Å². The first kappa shape index (κ1) is 17.4. The maximum Gasteiger partial charge on any atom is 0.323 e. The zero-order valence-corrected chi connectivity index (χ0v) is 14.3. The van der Waals surface area contributed by atoms with Crippen molar-refractivity contribution in [1.82, 2.24) is 15.2 Å². The number of urea groups is 1. The van der Waals surface area contributed by atoms with Crippen LogP contribution in [0, 0.1) is 5.92 Å². The molecule has 2 N–H and O–H groups in total. The van der Waals surface area contributed by atoms with E-state index >= 15 is 0 Å². The highest BCUT2D eigenvalue weighted by Crippen LogP contribution is 2.30. The molecule has 0 radical (unpaired) electrons. The Morgan fingerprint density at radius 2 is 2.05 bits per heavy atom. The molecule has 1 rings (SSSR count). The van der Waals surface area contributed by atoms with Crippen LogP contribution in [0.4, 0.5) is 9.93 Å². The van der Waals surface area contributed by atoms with Crippen molar-refractivity contribution in [2.24, 2.45) is 5.92 Å². The van der Waals surface area contributed by atoms with Gasteiger partial charge in [0, 0.05) is 31.7 Å². The van der Waals surface area contributed by atoms with E-state index in [1.54, 1.807) is 27.2 Å². The van der Waals surface area contributed by atoms with Crippen molar-refractivity contribution in [3.8, 4) is 0 Å². The highest BCUT2D eigenvalue weighted by Gasteiger charge is 2.20. The van der Waals surface area contributed by atoms with Gasteiger partial charge >= 0.3 is 6.03 Å². The quantitative estimate of drug-likeness (QED) is 0.896. The SMILES string of the molecule is CNC(=O)C(C)CN(C)C(=O)Nc1ncc(C(C)(C)C)s1. The summed E-state index contributed by atoms with van der Waals surface area (Å²) >= 11 is 1.47. The predicted molar refractivity (Wildman–Crippen MR) is 85.7 cm³/mol. The highest BCUT2D eigenvalue weighted by molar-refractivity contribution is 7.15. The summed E-state index contributed by atoms with van der Waals surface area (Å²) in [5, 5.41) is 5.90. The summed E-state index contributed by atoms with van der Waals surface area (Å²) in [5.74, 6) is -0.342. The summed E-state index contributed by atoms with van der Waals surface area (Å²) in [6, 6.07) is -0.263. The van der Waals surface area contributed by atoms with Gasteiger partial charge in [0.2, 0.25) is 5.91 Å². The van der Waals surface area contributed by atoms with Crippen LogP contribution in [-0.2, 0) is 10.2 Å². The van der Waals surface area contributed by atoms with E-state index in [1.807, 2.05) is 0 Å². The average Bonchev–Trinajstić information content (AvgIpc) is 2.85. The fourth-order valence-electron chi connectivity index (χ4n) is 1.69. The maximum atomic E-state index is 12.1. The zero-order chi connectivity index (χ0) is 16.2. The molecular formula is C14H24N4O2S. The molecule has 6 nitrogen and oxygen atoms in total. The monoisotopic (exact) mass is 312 g/mol. The molecule has 1 aromatic heterocycles. The third-order valence-corrected chi connectivity index (χ3v) is 4.39. The van der Waals surface area contributed by atoms with Gasteiger partial charge in [-0.2, -0.15) is 0 Å². The van der Waals surface area contributed by atoms with Crippen LogP contribution in [0.2, 0.25) is 0 Å². The number of carbonyl (C=O) groups excluding carboxylic acids is 2. The molecule has 0 saturated carbocycles. The van der Waals surface area contributed by atoms with Crippen LogP contribution < -0.4 is 10.6 Å². The lowest BCUT2D eigenvalue weighted by atomic mass is 9.96. The first-order chi connectivity index (χ1) is 9.65. The van der Waals surface area contributed by atoms with E-state index in [1.165, 1.54) is 16.2 Å². The molecule has 1 unspecified atom stereocenters. The van der Waals surface area contributed by atoms with E-state index < -0.39 is 0 Å². The van der Waals surface area contributed by atoms with Crippen molar-refractivity contribution in [2.45, 2.75) is 33.1 Å². The molecule has 0 aliphatic heterocycles. The van der Waals surface area contributed by atoms with Crippen molar-refractivity contribution in [3.05, 3.63) is 11.1 Å². The van der Waals surface area contributed by atoms with Gasteiger partial charge in [0.1, 0.15) is 0 Å². The van der Waals surface area contributed by atoms with Crippen LogP contribution in [0.5, 0.6) is 0 Å². The minimum atomic E-state index is -0.263. The first-order valence-corrected chi connectivity index (χ1v) is 7.66. The summed E-state index contributed by atoms with van der Waals surface area (Å²) in [7, 11) is 3.25. The molecule has 0 fully saturated rings. The fraction of sp³-hybridized carbons (Fsp3) is 0.643. The van der Waals surface area contributed by atoms with Crippen molar-refractivity contribution >= 4 is 28.4 Å². The Labute approximate surface area is 129 Å². The van der Waals surface area contributed by atoms with Gasteiger partial charge in [0.05, 0.1) is 5.92 Å². The average molecular weight is 312 g/mol. The molecule has 0 bridgehead atoms.